The van der Waals surface area contributed by atoms with Crippen LogP contribution in [-0.4, -0.2) is 43.4 Å². The van der Waals surface area contributed by atoms with E-state index in [-0.39, 0.29) is 0 Å². The van der Waals surface area contributed by atoms with E-state index in [1.165, 1.54) is 42.1 Å². The fraction of sp³-hybridized carbons (Fsp3) is 0.600. The van der Waals surface area contributed by atoms with Gasteiger partial charge in [0.25, 0.3) is 0 Å². The minimum absolute atomic E-state index is 1.14. The van der Waals surface area contributed by atoms with E-state index in [0.29, 0.717) is 0 Å². The van der Waals surface area contributed by atoms with Crippen LogP contribution in [0.2, 0.25) is 0 Å². The molecule has 2 rings (SSSR count). The van der Waals surface area contributed by atoms with E-state index in [1.807, 2.05) is 11.8 Å². The number of piperazine rings is 1. The third-order valence-electron chi connectivity index (χ3n) is 3.42. The molecule has 1 saturated heterocycles. The van der Waals surface area contributed by atoms with Crippen LogP contribution in [0.3, 0.4) is 0 Å². The number of nitrogens with zero attached hydrogens (tertiary/aromatic N) is 1. The minimum Gasteiger partial charge on any atom is -0.314 e. The largest absolute Gasteiger partial charge is 0.314 e. The minimum atomic E-state index is 1.14. The summed E-state index contributed by atoms with van der Waals surface area (Å²) < 4.78 is 0. The Balaban J connectivity index is 1.95. The fourth-order valence-electron chi connectivity index (χ4n) is 2.41. The zero-order chi connectivity index (χ0) is 12.8. The molecule has 0 radical (unpaired) electrons. The zero-order valence-electron chi connectivity index (χ0n) is 11.5. The first kappa shape index (κ1) is 13.9. The Morgan fingerprint density at radius 2 is 2.06 bits per heavy atom. The summed E-state index contributed by atoms with van der Waals surface area (Å²) >= 11 is 1.97. The van der Waals surface area contributed by atoms with Crippen molar-refractivity contribution in [3.05, 3.63) is 29.3 Å². The topological polar surface area (TPSA) is 15.3 Å². The lowest BCUT2D eigenvalue weighted by molar-refractivity contribution is 0.243. The SMILES string of the molecule is CCSc1ccc(C)cc1CCN1CCNCC1. The second-order valence-electron chi connectivity index (χ2n) is 4.89. The second-order valence-corrected chi connectivity index (χ2v) is 6.19. The molecule has 0 spiro atoms. The predicted molar refractivity (Wildman–Crippen MR) is 80.6 cm³/mol. The summed E-state index contributed by atoms with van der Waals surface area (Å²) in [6.45, 7) is 10.3. The number of rotatable bonds is 5. The molecule has 1 N–H and O–H groups in total. The molecule has 1 aromatic rings. The van der Waals surface area contributed by atoms with Gasteiger partial charge >= 0.3 is 0 Å². The van der Waals surface area contributed by atoms with Gasteiger partial charge in [-0.15, -0.1) is 11.8 Å². The lowest BCUT2D eigenvalue weighted by Gasteiger charge is -2.27. The van der Waals surface area contributed by atoms with E-state index in [2.05, 4.69) is 42.3 Å². The van der Waals surface area contributed by atoms with Crippen LogP contribution in [0.25, 0.3) is 0 Å². The first-order chi connectivity index (χ1) is 8.79. The van der Waals surface area contributed by atoms with E-state index < -0.39 is 0 Å². The van der Waals surface area contributed by atoms with Crippen molar-refractivity contribution in [3.8, 4) is 0 Å². The van der Waals surface area contributed by atoms with Crippen LogP contribution in [0, 0.1) is 6.92 Å². The molecule has 0 atom stereocenters. The first-order valence-corrected chi connectivity index (χ1v) is 7.93. The summed E-state index contributed by atoms with van der Waals surface area (Å²) in [6, 6.07) is 6.88. The van der Waals surface area contributed by atoms with Crippen molar-refractivity contribution in [1.29, 1.82) is 0 Å². The van der Waals surface area contributed by atoms with Crippen molar-refractivity contribution in [2.75, 3.05) is 38.5 Å². The molecule has 0 unspecified atom stereocenters. The molecule has 0 amide bonds. The fourth-order valence-corrected chi connectivity index (χ4v) is 3.23. The Labute approximate surface area is 115 Å². The molecule has 2 nitrogen and oxygen atoms in total. The molecule has 0 aromatic heterocycles. The third-order valence-corrected chi connectivity index (χ3v) is 4.42. The van der Waals surface area contributed by atoms with Crippen molar-refractivity contribution in [3.63, 3.8) is 0 Å². The Morgan fingerprint density at radius 1 is 1.28 bits per heavy atom. The highest BCUT2D eigenvalue weighted by Crippen LogP contribution is 2.24. The summed E-state index contributed by atoms with van der Waals surface area (Å²) in [7, 11) is 0. The van der Waals surface area contributed by atoms with E-state index in [1.54, 1.807) is 0 Å². The van der Waals surface area contributed by atoms with Crippen molar-refractivity contribution in [2.45, 2.75) is 25.2 Å². The molecule has 0 saturated carbocycles. The number of hydrogen-bond acceptors (Lipinski definition) is 3. The van der Waals surface area contributed by atoms with Gasteiger partial charge in [-0.1, -0.05) is 24.6 Å². The average Bonchev–Trinajstić information content (AvgIpc) is 2.40. The predicted octanol–water partition coefficient (Wildman–Crippen LogP) is 2.55. The zero-order valence-corrected chi connectivity index (χ0v) is 12.4. The number of aryl methyl sites for hydroxylation is 1. The molecular weight excluding hydrogens is 240 g/mol. The van der Waals surface area contributed by atoms with Gasteiger partial charge in [0.15, 0.2) is 0 Å². The normalized spacial score (nSPS) is 17.0. The van der Waals surface area contributed by atoms with Gasteiger partial charge in [0.05, 0.1) is 0 Å². The Hall–Kier alpha value is -0.510. The number of benzene rings is 1. The summed E-state index contributed by atoms with van der Waals surface area (Å²) in [5.74, 6) is 1.16. The smallest absolute Gasteiger partial charge is 0.0108 e. The summed E-state index contributed by atoms with van der Waals surface area (Å²) in [5.41, 5.74) is 2.91. The summed E-state index contributed by atoms with van der Waals surface area (Å²) in [5, 5.41) is 3.41. The molecule has 1 aromatic carbocycles. The van der Waals surface area contributed by atoms with E-state index in [0.717, 1.165) is 18.8 Å². The Kier molecular flexibility index (Phi) is 5.54. The first-order valence-electron chi connectivity index (χ1n) is 6.95. The lowest BCUT2D eigenvalue weighted by Crippen LogP contribution is -2.44. The van der Waals surface area contributed by atoms with E-state index in [4.69, 9.17) is 0 Å². The average molecular weight is 264 g/mol. The second kappa shape index (κ2) is 7.17. The van der Waals surface area contributed by atoms with Crippen LogP contribution in [-0.2, 0) is 6.42 Å². The number of thioether (sulfide) groups is 1. The molecular formula is C15H24N2S. The summed E-state index contributed by atoms with van der Waals surface area (Å²) in [6.07, 6.45) is 1.18. The maximum Gasteiger partial charge on any atom is 0.0108 e. The molecule has 0 aliphatic carbocycles. The number of nitrogens with one attached hydrogen (secondary N) is 1. The van der Waals surface area contributed by atoms with Gasteiger partial charge < -0.3 is 10.2 Å². The van der Waals surface area contributed by atoms with Gasteiger partial charge in [0.2, 0.25) is 0 Å². The highest BCUT2D eigenvalue weighted by molar-refractivity contribution is 7.99. The van der Waals surface area contributed by atoms with Gasteiger partial charge in [0, 0.05) is 37.6 Å². The van der Waals surface area contributed by atoms with Crippen molar-refractivity contribution in [1.82, 2.24) is 10.2 Å². The molecule has 0 bridgehead atoms. The molecule has 18 heavy (non-hydrogen) atoms. The standard InChI is InChI=1S/C15H24N2S/c1-3-18-15-5-4-13(2)12-14(15)6-9-17-10-7-16-8-11-17/h4-5,12,16H,3,6-11H2,1-2H3. The number of hydrogen-bond donors (Lipinski definition) is 1. The molecule has 1 aliphatic heterocycles. The van der Waals surface area contributed by atoms with Crippen LogP contribution in [0.4, 0.5) is 0 Å². The van der Waals surface area contributed by atoms with Gasteiger partial charge in [-0.25, -0.2) is 0 Å². The van der Waals surface area contributed by atoms with Crippen molar-refractivity contribution >= 4 is 11.8 Å². The highest BCUT2D eigenvalue weighted by Gasteiger charge is 2.10. The third kappa shape index (κ3) is 4.01. The van der Waals surface area contributed by atoms with Crippen LogP contribution in [0.15, 0.2) is 23.1 Å². The van der Waals surface area contributed by atoms with Gasteiger partial charge in [0.1, 0.15) is 0 Å². The summed E-state index contributed by atoms with van der Waals surface area (Å²) in [4.78, 5) is 4.04. The molecule has 100 valence electrons. The van der Waals surface area contributed by atoms with Crippen molar-refractivity contribution < 1.29 is 0 Å². The molecule has 1 heterocycles. The van der Waals surface area contributed by atoms with E-state index >= 15 is 0 Å². The van der Waals surface area contributed by atoms with Crippen LogP contribution in [0.5, 0.6) is 0 Å². The lowest BCUT2D eigenvalue weighted by atomic mass is 10.1. The van der Waals surface area contributed by atoms with E-state index in [9.17, 15) is 0 Å². The molecule has 3 heteroatoms. The highest BCUT2D eigenvalue weighted by atomic mass is 32.2. The van der Waals surface area contributed by atoms with Crippen molar-refractivity contribution in [2.24, 2.45) is 0 Å². The maximum absolute atomic E-state index is 3.41. The Morgan fingerprint density at radius 3 is 2.78 bits per heavy atom. The van der Waals surface area contributed by atoms with Crippen LogP contribution < -0.4 is 5.32 Å². The van der Waals surface area contributed by atoms with Crippen LogP contribution in [0.1, 0.15) is 18.1 Å². The maximum atomic E-state index is 3.41. The molecule has 1 fully saturated rings. The Bertz CT molecular complexity index is 373. The van der Waals surface area contributed by atoms with Gasteiger partial charge in [-0.2, -0.15) is 0 Å². The quantitative estimate of drug-likeness (QED) is 0.823. The van der Waals surface area contributed by atoms with Gasteiger partial charge in [-0.3, -0.25) is 0 Å². The van der Waals surface area contributed by atoms with Crippen LogP contribution >= 0.6 is 11.8 Å². The van der Waals surface area contributed by atoms with Gasteiger partial charge in [-0.05, 0) is 30.7 Å². The molecule has 1 aliphatic rings. The monoisotopic (exact) mass is 264 g/mol.